The van der Waals surface area contributed by atoms with Gasteiger partial charge in [0.15, 0.2) is 0 Å². The minimum absolute atomic E-state index is 0.0616. The molecule has 1 aliphatic rings. The number of hydrogen-bond donors (Lipinski definition) is 2. The van der Waals surface area contributed by atoms with Gasteiger partial charge in [-0.05, 0) is 49.2 Å². The Balaban J connectivity index is 1.78. The first-order valence-corrected chi connectivity index (χ1v) is 9.73. The van der Waals surface area contributed by atoms with E-state index >= 15 is 0 Å². The Morgan fingerprint density at radius 2 is 1.70 bits per heavy atom. The molecular formula is C22H27N3O5. The summed E-state index contributed by atoms with van der Waals surface area (Å²) in [5.74, 6) is 1.80. The minimum Gasteiger partial charge on any atom is -0.497 e. The number of guanidine groups is 1. The number of nitrogens with one attached hydrogen (secondary N) is 2. The van der Waals surface area contributed by atoms with Crippen molar-refractivity contribution in [1.29, 1.82) is 0 Å². The molecule has 0 saturated carbocycles. The van der Waals surface area contributed by atoms with Crippen LogP contribution < -0.4 is 24.8 Å². The average Bonchev–Trinajstić information content (AvgIpc) is 3.31. The third-order valence-corrected chi connectivity index (χ3v) is 4.68. The lowest BCUT2D eigenvalue weighted by molar-refractivity contribution is 0.0975. The number of nitrogens with zero attached hydrogens (tertiary/aromatic N) is 1. The van der Waals surface area contributed by atoms with E-state index in [1.54, 1.807) is 25.3 Å². The highest BCUT2D eigenvalue weighted by atomic mass is 16.5. The van der Waals surface area contributed by atoms with Crippen molar-refractivity contribution in [2.45, 2.75) is 18.9 Å². The molecule has 0 aliphatic carbocycles. The molecule has 8 nitrogen and oxygen atoms in total. The van der Waals surface area contributed by atoms with Crippen LogP contribution in [0.1, 0.15) is 23.2 Å². The van der Waals surface area contributed by atoms with Crippen molar-refractivity contribution in [1.82, 2.24) is 5.32 Å². The number of amides is 1. The van der Waals surface area contributed by atoms with Crippen LogP contribution in [-0.2, 0) is 4.74 Å². The molecular weight excluding hydrogens is 386 g/mol. The summed E-state index contributed by atoms with van der Waals surface area (Å²) in [5.41, 5.74) is 1.16. The van der Waals surface area contributed by atoms with E-state index in [0.717, 1.165) is 30.9 Å². The van der Waals surface area contributed by atoms with Crippen molar-refractivity contribution in [3.8, 4) is 17.2 Å². The van der Waals surface area contributed by atoms with Gasteiger partial charge in [0.25, 0.3) is 5.91 Å². The Morgan fingerprint density at radius 1 is 1.03 bits per heavy atom. The van der Waals surface area contributed by atoms with Gasteiger partial charge in [-0.15, -0.1) is 0 Å². The molecule has 1 heterocycles. The summed E-state index contributed by atoms with van der Waals surface area (Å²) in [6, 6.07) is 12.3. The predicted molar refractivity (Wildman–Crippen MR) is 115 cm³/mol. The summed E-state index contributed by atoms with van der Waals surface area (Å²) in [5, 5.41) is 6.00. The van der Waals surface area contributed by atoms with Gasteiger partial charge in [-0.25, -0.2) is 4.99 Å². The number of methoxy groups -OCH3 is 3. The molecule has 1 unspecified atom stereocenters. The van der Waals surface area contributed by atoms with Gasteiger partial charge < -0.3 is 24.3 Å². The van der Waals surface area contributed by atoms with Crippen molar-refractivity contribution >= 4 is 17.6 Å². The van der Waals surface area contributed by atoms with Crippen molar-refractivity contribution in [3.63, 3.8) is 0 Å². The lowest BCUT2D eigenvalue weighted by Gasteiger charge is -2.14. The van der Waals surface area contributed by atoms with E-state index in [4.69, 9.17) is 18.9 Å². The highest BCUT2D eigenvalue weighted by Gasteiger charge is 2.17. The van der Waals surface area contributed by atoms with Crippen molar-refractivity contribution in [3.05, 3.63) is 48.0 Å². The zero-order chi connectivity index (χ0) is 21.3. The highest BCUT2D eigenvalue weighted by molar-refractivity contribution is 6.10. The minimum atomic E-state index is -0.334. The average molecular weight is 413 g/mol. The van der Waals surface area contributed by atoms with E-state index in [0.29, 0.717) is 29.6 Å². The number of anilines is 1. The van der Waals surface area contributed by atoms with Gasteiger partial charge in [0, 0.05) is 23.9 Å². The molecule has 8 heteroatoms. The Hall–Kier alpha value is -3.26. The third kappa shape index (κ3) is 5.87. The summed E-state index contributed by atoms with van der Waals surface area (Å²) >= 11 is 0. The van der Waals surface area contributed by atoms with Gasteiger partial charge in [0.2, 0.25) is 5.96 Å². The largest absolute Gasteiger partial charge is 0.497 e. The quantitative estimate of drug-likeness (QED) is 0.536. The fourth-order valence-electron chi connectivity index (χ4n) is 3.02. The molecule has 0 spiro atoms. The molecule has 3 rings (SSSR count). The fraction of sp³-hybridized carbons (Fsp3) is 0.364. The van der Waals surface area contributed by atoms with Gasteiger partial charge in [-0.3, -0.25) is 10.1 Å². The predicted octanol–water partition coefficient (Wildman–Crippen LogP) is 3.09. The number of carbonyl (C=O) groups is 1. The second kappa shape index (κ2) is 10.5. The van der Waals surface area contributed by atoms with Crippen LogP contribution in [0, 0.1) is 0 Å². The number of carbonyl (C=O) groups excluding carboxylic acids is 1. The maximum Gasteiger partial charge on any atom is 0.258 e. The molecule has 2 N–H and O–H groups in total. The summed E-state index contributed by atoms with van der Waals surface area (Å²) in [7, 11) is 4.69. The molecule has 1 saturated heterocycles. The van der Waals surface area contributed by atoms with Crippen LogP contribution in [-0.4, -0.2) is 52.5 Å². The third-order valence-electron chi connectivity index (χ3n) is 4.68. The van der Waals surface area contributed by atoms with Crippen LogP contribution >= 0.6 is 0 Å². The first-order chi connectivity index (χ1) is 14.6. The van der Waals surface area contributed by atoms with E-state index in [2.05, 4.69) is 15.6 Å². The number of benzene rings is 2. The molecule has 2 aromatic carbocycles. The van der Waals surface area contributed by atoms with Crippen molar-refractivity contribution in [2.75, 3.05) is 39.8 Å². The summed E-state index contributed by atoms with van der Waals surface area (Å²) in [4.78, 5) is 17.4. The molecule has 2 aromatic rings. The zero-order valence-electron chi connectivity index (χ0n) is 17.4. The van der Waals surface area contributed by atoms with Crippen LogP contribution in [0.2, 0.25) is 0 Å². The maximum atomic E-state index is 12.9. The van der Waals surface area contributed by atoms with Crippen LogP contribution in [0.15, 0.2) is 47.5 Å². The lowest BCUT2D eigenvalue weighted by Crippen LogP contribution is -2.36. The van der Waals surface area contributed by atoms with E-state index in [1.165, 1.54) is 14.2 Å². The number of rotatable bonds is 7. The van der Waals surface area contributed by atoms with Crippen LogP contribution in [0.4, 0.5) is 5.69 Å². The van der Waals surface area contributed by atoms with Crippen LogP contribution in [0.5, 0.6) is 17.2 Å². The topological polar surface area (TPSA) is 90.4 Å². The zero-order valence-corrected chi connectivity index (χ0v) is 17.4. The number of hydrogen-bond acceptors (Lipinski definition) is 6. The van der Waals surface area contributed by atoms with Crippen molar-refractivity contribution in [2.24, 2.45) is 4.99 Å². The molecule has 1 atom stereocenters. The molecule has 1 fully saturated rings. The Morgan fingerprint density at radius 3 is 2.27 bits per heavy atom. The monoisotopic (exact) mass is 413 g/mol. The van der Waals surface area contributed by atoms with Gasteiger partial charge in [0.1, 0.15) is 17.2 Å². The van der Waals surface area contributed by atoms with Gasteiger partial charge in [-0.2, -0.15) is 0 Å². The molecule has 160 valence electrons. The van der Waals surface area contributed by atoms with E-state index < -0.39 is 0 Å². The second-order valence-electron chi connectivity index (χ2n) is 6.73. The standard InChI is InChI=1S/C22H27N3O5/c1-27-17-8-6-16(7-9-17)24-22(23-14-18-5-4-10-30-18)25-21(26)15-11-19(28-2)13-20(12-15)29-3/h6-9,11-13,18H,4-5,10,14H2,1-3H3,(H2,23,24,25,26). The summed E-state index contributed by atoms with van der Waals surface area (Å²) < 4.78 is 21.3. The Bertz CT molecular complexity index is 855. The SMILES string of the molecule is COc1ccc(NC(=NCC2CCCO2)NC(=O)c2cc(OC)cc(OC)c2)cc1. The number of ether oxygens (including phenoxy) is 4. The van der Waals surface area contributed by atoms with Gasteiger partial charge >= 0.3 is 0 Å². The van der Waals surface area contributed by atoms with Gasteiger partial charge in [0.05, 0.1) is 34.0 Å². The molecule has 1 amide bonds. The van der Waals surface area contributed by atoms with Crippen LogP contribution in [0.3, 0.4) is 0 Å². The Labute approximate surface area is 176 Å². The summed E-state index contributed by atoms with van der Waals surface area (Å²) in [6.07, 6.45) is 2.05. The van der Waals surface area contributed by atoms with Crippen LogP contribution in [0.25, 0.3) is 0 Å². The smallest absolute Gasteiger partial charge is 0.258 e. The Kier molecular flexibility index (Phi) is 7.51. The number of aliphatic imine (C=N–C) groups is 1. The molecule has 0 aromatic heterocycles. The highest BCUT2D eigenvalue weighted by Crippen LogP contribution is 2.22. The van der Waals surface area contributed by atoms with E-state index in [9.17, 15) is 4.79 Å². The maximum absolute atomic E-state index is 12.9. The first-order valence-electron chi connectivity index (χ1n) is 9.73. The van der Waals surface area contributed by atoms with E-state index in [-0.39, 0.29) is 12.0 Å². The lowest BCUT2D eigenvalue weighted by atomic mass is 10.2. The second-order valence-corrected chi connectivity index (χ2v) is 6.73. The van der Waals surface area contributed by atoms with E-state index in [1.807, 2.05) is 24.3 Å². The first kappa shape index (κ1) is 21.4. The van der Waals surface area contributed by atoms with Crippen molar-refractivity contribution < 1.29 is 23.7 Å². The molecule has 30 heavy (non-hydrogen) atoms. The molecule has 0 radical (unpaired) electrons. The summed E-state index contributed by atoms with van der Waals surface area (Å²) in [6.45, 7) is 1.21. The van der Waals surface area contributed by atoms with Gasteiger partial charge in [-0.1, -0.05) is 0 Å². The molecule has 1 aliphatic heterocycles. The molecule has 0 bridgehead atoms. The normalized spacial score (nSPS) is 16.1. The fourth-order valence-corrected chi connectivity index (χ4v) is 3.02.